The van der Waals surface area contributed by atoms with Gasteiger partial charge in [-0.3, -0.25) is 4.72 Å². The molecule has 2 amide bonds. The molecule has 0 aliphatic carbocycles. The molecule has 28 heavy (non-hydrogen) atoms. The molecule has 0 aromatic heterocycles. The SMILES string of the molecule is Cc1cccc(C)c1NS(=O)(=O)c1ccc(NC(=O)Nc2ccccc2)cc1. The van der Waals surface area contributed by atoms with Gasteiger partial charge in [0.25, 0.3) is 10.0 Å². The monoisotopic (exact) mass is 395 g/mol. The summed E-state index contributed by atoms with van der Waals surface area (Å²) >= 11 is 0. The molecule has 7 heteroatoms. The van der Waals surface area contributed by atoms with Crippen molar-refractivity contribution in [1.29, 1.82) is 0 Å². The Morgan fingerprint density at radius 1 is 0.714 bits per heavy atom. The molecular formula is C21H21N3O3S. The maximum absolute atomic E-state index is 12.7. The Morgan fingerprint density at radius 3 is 1.82 bits per heavy atom. The fraction of sp³-hybridized carbons (Fsp3) is 0.0952. The van der Waals surface area contributed by atoms with Crippen molar-refractivity contribution in [3.05, 3.63) is 83.9 Å². The smallest absolute Gasteiger partial charge is 0.308 e. The number of sulfonamides is 1. The van der Waals surface area contributed by atoms with Crippen LogP contribution in [0.1, 0.15) is 11.1 Å². The van der Waals surface area contributed by atoms with E-state index in [2.05, 4.69) is 15.4 Å². The van der Waals surface area contributed by atoms with Crippen molar-refractivity contribution < 1.29 is 13.2 Å². The number of hydrogen-bond acceptors (Lipinski definition) is 3. The lowest BCUT2D eigenvalue weighted by molar-refractivity contribution is 0.262. The number of carbonyl (C=O) groups is 1. The Balaban J connectivity index is 1.70. The number of benzene rings is 3. The van der Waals surface area contributed by atoms with Gasteiger partial charge >= 0.3 is 6.03 Å². The van der Waals surface area contributed by atoms with Gasteiger partial charge in [0.05, 0.1) is 10.6 Å². The normalized spacial score (nSPS) is 10.9. The number of urea groups is 1. The summed E-state index contributed by atoms with van der Waals surface area (Å²) < 4.78 is 28.0. The van der Waals surface area contributed by atoms with E-state index < -0.39 is 16.1 Å². The molecule has 0 saturated heterocycles. The van der Waals surface area contributed by atoms with Crippen molar-refractivity contribution in [2.24, 2.45) is 0 Å². The van der Waals surface area contributed by atoms with Crippen molar-refractivity contribution in [2.45, 2.75) is 18.7 Å². The number of rotatable bonds is 5. The second-order valence-corrected chi connectivity index (χ2v) is 8.02. The number of amides is 2. The van der Waals surface area contributed by atoms with Crippen LogP contribution in [0.3, 0.4) is 0 Å². The van der Waals surface area contributed by atoms with Crippen LogP contribution in [0, 0.1) is 13.8 Å². The van der Waals surface area contributed by atoms with Crippen LogP contribution in [-0.2, 0) is 10.0 Å². The maximum Gasteiger partial charge on any atom is 0.323 e. The quantitative estimate of drug-likeness (QED) is 0.583. The molecule has 0 heterocycles. The number of hydrogen-bond donors (Lipinski definition) is 3. The fourth-order valence-corrected chi connectivity index (χ4v) is 3.90. The topological polar surface area (TPSA) is 87.3 Å². The molecule has 0 atom stereocenters. The summed E-state index contributed by atoms with van der Waals surface area (Å²) in [7, 11) is -3.73. The zero-order valence-corrected chi connectivity index (χ0v) is 16.4. The van der Waals surface area contributed by atoms with Crippen LogP contribution in [-0.4, -0.2) is 14.4 Å². The minimum absolute atomic E-state index is 0.115. The van der Waals surface area contributed by atoms with Crippen LogP contribution in [0.25, 0.3) is 0 Å². The van der Waals surface area contributed by atoms with Crippen LogP contribution in [0.2, 0.25) is 0 Å². The number of aryl methyl sites for hydroxylation is 2. The van der Waals surface area contributed by atoms with Gasteiger partial charge in [-0.05, 0) is 61.4 Å². The van der Waals surface area contributed by atoms with E-state index in [0.29, 0.717) is 17.1 Å². The third-order valence-corrected chi connectivity index (χ3v) is 5.54. The van der Waals surface area contributed by atoms with Crippen LogP contribution in [0.5, 0.6) is 0 Å². The average molecular weight is 395 g/mol. The summed E-state index contributed by atoms with van der Waals surface area (Å²) in [5, 5.41) is 5.37. The first-order valence-corrected chi connectivity index (χ1v) is 10.2. The van der Waals surface area contributed by atoms with E-state index in [-0.39, 0.29) is 4.90 Å². The van der Waals surface area contributed by atoms with Gasteiger partial charge in [0, 0.05) is 11.4 Å². The van der Waals surface area contributed by atoms with Gasteiger partial charge in [-0.1, -0.05) is 36.4 Å². The first-order valence-electron chi connectivity index (χ1n) is 8.67. The van der Waals surface area contributed by atoms with E-state index in [0.717, 1.165) is 11.1 Å². The largest absolute Gasteiger partial charge is 0.323 e. The highest BCUT2D eigenvalue weighted by molar-refractivity contribution is 7.92. The van der Waals surface area contributed by atoms with E-state index in [1.807, 2.05) is 50.2 Å². The van der Waals surface area contributed by atoms with Gasteiger partial charge in [-0.15, -0.1) is 0 Å². The Kier molecular flexibility index (Phi) is 5.65. The van der Waals surface area contributed by atoms with Crippen molar-refractivity contribution in [3.63, 3.8) is 0 Å². The van der Waals surface area contributed by atoms with Crippen molar-refractivity contribution >= 4 is 33.1 Å². The first kappa shape index (κ1) is 19.4. The highest BCUT2D eigenvalue weighted by Gasteiger charge is 2.16. The van der Waals surface area contributed by atoms with Crippen molar-refractivity contribution in [3.8, 4) is 0 Å². The summed E-state index contributed by atoms with van der Waals surface area (Å²) in [4.78, 5) is 12.1. The van der Waals surface area contributed by atoms with Gasteiger partial charge in [0.15, 0.2) is 0 Å². The van der Waals surface area contributed by atoms with E-state index in [1.54, 1.807) is 24.3 Å². The third kappa shape index (κ3) is 4.69. The second-order valence-electron chi connectivity index (χ2n) is 6.34. The molecule has 0 bridgehead atoms. The highest BCUT2D eigenvalue weighted by atomic mass is 32.2. The van der Waals surface area contributed by atoms with Crippen LogP contribution in [0.4, 0.5) is 21.9 Å². The first-order chi connectivity index (χ1) is 13.3. The molecule has 0 saturated carbocycles. The molecule has 0 unspecified atom stereocenters. The van der Waals surface area contributed by atoms with E-state index in [9.17, 15) is 13.2 Å². The molecule has 3 aromatic rings. The Labute approximate surface area is 164 Å². The molecule has 6 nitrogen and oxygen atoms in total. The lowest BCUT2D eigenvalue weighted by Crippen LogP contribution is -2.19. The number of carbonyl (C=O) groups excluding carboxylic acids is 1. The van der Waals surface area contributed by atoms with E-state index >= 15 is 0 Å². The standard InChI is InChI=1S/C21H21N3O3S/c1-15-7-6-8-16(2)20(15)24-28(26,27)19-13-11-18(12-14-19)23-21(25)22-17-9-4-3-5-10-17/h3-14,24H,1-2H3,(H2,22,23,25). The van der Waals surface area contributed by atoms with Crippen LogP contribution < -0.4 is 15.4 Å². The van der Waals surface area contributed by atoms with Crippen LogP contribution in [0.15, 0.2) is 77.7 Å². The van der Waals surface area contributed by atoms with Gasteiger partial charge < -0.3 is 10.6 Å². The average Bonchev–Trinajstić information content (AvgIpc) is 2.66. The fourth-order valence-electron chi connectivity index (χ4n) is 2.70. The predicted molar refractivity (Wildman–Crippen MR) is 112 cm³/mol. The summed E-state index contributed by atoms with van der Waals surface area (Å²) in [6, 6.07) is 20.2. The number of anilines is 3. The second kappa shape index (κ2) is 8.14. The maximum atomic E-state index is 12.7. The molecule has 3 aromatic carbocycles. The molecule has 0 aliphatic heterocycles. The summed E-state index contributed by atoms with van der Waals surface area (Å²) in [5.41, 5.74) is 3.42. The van der Waals surface area contributed by atoms with Gasteiger partial charge in [-0.2, -0.15) is 0 Å². The van der Waals surface area contributed by atoms with E-state index in [1.165, 1.54) is 12.1 Å². The summed E-state index contributed by atoms with van der Waals surface area (Å²) in [6.07, 6.45) is 0. The van der Waals surface area contributed by atoms with E-state index in [4.69, 9.17) is 0 Å². The predicted octanol–water partition coefficient (Wildman–Crippen LogP) is 4.75. The third-order valence-electron chi connectivity index (χ3n) is 4.17. The molecule has 144 valence electrons. The zero-order valence-electron chi connectivity index (χ0n) is 15.6. The van der Waals surface area contributed by atoms with Gasteiger partial charge in [0.1, 0.15) is 0 Å². The zero-order chi connectivity index (χ0) is 20.1. The summed E-state index contributed by atoms with van der Waals surface area (Å²) in [5.74, 6) is 0. The molecule has 3 rings (SSSR count). The Bertz CT molecular complexity index is 1060. The minimum atomic E-state index is -3.73. The van der Waals surface area contributed by atoms with Crippen molar-refractivity contribution in [1.82, 2.24) is 0 Å². The minimum Gasteiger partial charge on any atom is -0.308 e. The lowest BCUT2D eigenvalue weighted by atomic mass is 10.1. The Morgan fingerprint density at radius 2 is 1.25 bits per heavy atom. The molecule has 3 N–H and O–H groups in total. The summed E-state index contributed by atoms with van der Waals surface area (Å²) in [6.45, 7) is 3.70. The molecular weight excluding hydrogens is 374 g/mol. The Hall–Kier alpha value is -3.32. The highest BCUT2D eigenvalue weighted by Crippen LogP contribution is 2.24. The van der Waals surface area contributed by atoms with Gasteiger partial charge in [-0.25, -0.2) is 13.2 Å². The molecule has 0 fully saturated rings. The van der Waals surface area contributed by atoms with Crippen LogP contribution >= 0.6 is 0 Å². The molecule has 0 aliphatic rings. The molecule has 0 radical (unpaired) electrons. The lowest BCUT2D eigenvalue weighted by Gasteiger charge is -2.13. The molecule has 0 spiro atoms. The number of para-hydroxylation sites is 2. The van der Waals surface area contributed by atoms with Gasteiger partial charge in [0.2, 0.25) is 0 Å². The van der Waals surface area contributed by atoms with Crippen molar-refractivity contribution in [2.75, 3.05) is 15.4 Å². The number of nitrogens with one attached hydrogen (secondary N) is 3.